The molecule has 3 rings (SSSR count). The molecule has 0 aliphatic carbocycles. The van der Waals surface area contributed by atoms with E-state index in [1.165, 1.54) is 11.1 Å². The highest BCUT2D eigenvalue weighted by Gasteiger charge is 2.13. The SMILES string of the molecule is C=CCOc1ccc(C(=O)NCc2ccc3c(c2)CNC3)cc1OC.Cl. The van der Waals surface area contributed by atoms with Crippen LogP contribution in [0.2, 0.25) is 0 Å². The van der Waals surface area contributed by atoms with E-state index < -0.39 is 0 Å². The molecular formula is C20H23ClN2O3. The van der Waals surface area contributed by atoms with E-state index in [-0.39, 0.29) is 18.3 Å². The van der Waals surface area contributed by atoms with Crippen molar-refractivity contribution < 1.29 is 14.3 Å². The fourth-order valence-corrected chi connectivity index (χ4v) is 2.82. The summed E-state index contributed by atoms with van der Waals surface area (Å²) in [6.45, 7) is 6.30. The molecule has 0 saturated heterocycles. The lowest BCUT2D eigenvalue weighted by Gasteiger charge is -2.11. The molecule has 1 amide bonds. The van der Waals surface area contributed by atoms with Gasteiger partial charge in [-0.2, -0.15) is 0 Å². The summed E-state index contributed by atoms with van der Waals surface area (Å²) in [6.07, 6.45) is 1.66. The van der Waals surface area contributed by atoms with Gasteiger partial charge < -0.3 is 20.1 Å². The molecule has 0 radical (unpaired) electrons. The molecule has 138 valence electrons. The van der Waals surface area contributed by atoms with Gasteiger partial charge in [-0.25, -0.2) is 0 Å². The zero-order chi connectivity index (χ0) is 17.6. The van der Waals surface area contributed by atoms with Crippen LogP contribution in [0, 0.1) is 0 Å². The Morgan fingerprint density at radius 1 is 1.19 bits per heavy atom. The molecule has 2 N–H and O–H groups in total. The molecule has 0 bridgehead atoms. The monoisotopic (exact) mass is 374 g/mol. The van der Waals surface area contributed by atoms with Crippen LogP contribution in [0.25, 0.3) is 0 Å². The lowest BCUT2D eigenvalue weighted by molar-refractivity contribution is 0.0950. The van der Waals surface area contributed by atoms with E-state index in [1.807, 2.05) is 0 Å². The molecule has 0 spiro atoms. The Hall–Kier alpha value is -2.50. The molecule has 0 fully saturated rings. The number of fused-ring (bicyclic) bond motifs is 1. The van der Waals surface area contributed by atoms with Crippen molar-refractivity contribution in [3.05, 3.63) is 71.3 Å². The van der Waals surface area contributed by atoms with Crippen molar-refractivity contribution >= 4 is 18.3 Å². The normalized spacial score (nSPS) is 11.9. The number of amides is 1. The highest BCUT2D eigenvalue weighted by atomic mass is 35.5. The van der Waals surface area contributed by atoms with Crippen molar-refractivity contribution in [3.63, 3.8) is 0 Å². The van der Waals surface area contributed by atoms with Crippen LogP contribution in [0.3, 0.4) is 0 Å². The van der Waals surface area contributed by atoms with E-state index in [1.54, 1.807) is 31.4 Å². The summed E-state index contributed by atoms with van der Waals surface area (Å²) in [5, 5.41) is 6.27. The van der Waals surface area contributed by atoms with Crippen molar-refractivity contribution in [2.75, 3.05) is 13.7 Å². The predicted molar refractivity (Wildman–Crippen MR) is 104 cm³/mol. The zero-order valence-electron chi connectivity index (χ0n) is 14.7. The number of nitrogens with one attached hydrogen (secondary N) is 2. The Morgan fingerprint density at radius 2 is 2.00 bits per heavy atom. The van der Waals surface area contributed by atoms with Gasteiger partial charge in [-0.05, 0) is 34.9 Å². The largest absolute Gasteiger partial charge is 0.493 e. The van der Waals surface area contributed by atoms with Crippen LogP contribution in [0.5, 0.6) is 11.5 Å². The Bertz CT molecular complexity index is 793. The standard InChI is InChI=1S/C20H22N2O3.ClH/c1-3-8-25-18-7-6-15(10-19(18)24-2)20(23)22-11-14-4-5-16-12-21-13-17(16)9-14;/h3-7,9-10,21H,1,8,11-13H2,2H3,(H,22,23);1H. The second kappa shape index (κ2) is 9.27. The van der Waals surface area contributed by atoms with Gasteiger partial charge in [-0.3, -0.25) is 4.79 Å². The highest BCUT2D eigenvalue weighted by Crippen LogP contribution is 2.28. The third-order valence-corrected chi connectivity index (χ3v) is 4.14. The summed E-state index contributed by atoms with van der Waals surface area (Å²) >= 11 is 0. The van der Waals surface area contributed by atoms with Crippen LogP contribution in [0.15, 0.2) is 49.1 Å². The minimum Gasteiger partial charge on any atom is -0.493 e. The first-order valence-corrected chi connectivity index (χ1v) is 8.22. The Balaban J connectivity index is 0.00000243. The Labute approximate surface area is 159 Å². The summed E-state index contributed by atoms with van der Waals surface area (Å²) < 4.78 is 10.8. The summed E-state index contributed by atoms with van der Waals surface area (Å²) in [5.74, 6) is 0.968. The van der Waals surface area contributed by atoms with Gasteiger partial charge in [0, 0.05) is 25.2 Å². The van der Waals surface area contributed by atoms with Gasteiger partial charge in [0.15, 0.2) is 11.5 Å². The maximum absolute atomic E-state index is 12.4. The number of benzene rings is 2. The fourth-order valence-electron chi connectivity index (χ4n) is 2.82. The molecule has 6 heteroatoms. The van der Waals surface area contributed by atoms with E-state index in [4.69, 9.17) is 9.47 Å². The van der Waals surface area contributed by atoms with Gasteiger partial charge in [0.2, 0.25) is 0 Å². The molecule has 2 aromatic rings. The average molecular weight is 375 g/mol. The molecule has 0 aromatic heterocycles. The number of ether oxygens (including phenoxy) is 2. The Kier molecular flexibility index (Phi) is 7.06. The number of carbonyl (C=O) groups excluding carboxylic acids is 1. The highest BCUT2D eigenvalue weighted by molar-refractivity contribution is 5.94. The van der Waals surface area contributed by atoms with E-state index in [9.17, 15) is 4.79 Å². The molecule has 2 aromatic carbocycles. The number of halogens is 1. The number of hydrogen-bond donors (Lipinski definition) is 2. The van der Waals surface area contributed by atoms with Gasteiger partial charge in [-0.1, -0.05) is 30.9 Å². The van der Waals surface area contributed by atoms with Gasteiger partial charge in [0.1, 0.15) is 6.61 Å². The quantitative estimate of drug-likeness (QED) is 0.730. The molecule has 1 heterocycles. The van der Waals surface area contributed by atoms with E-state index in [2.05, 4.69) is 35.4 Å². The first-order chi connectivity index (χ1) is 12.2. The molecule has 0 atom stereocenters. The lowest BCUT2D eigenvalue weighted by atomic mass is 10.1. The minimum absolute atomic E-state index is 0. The maximum Gasteiger partial charge on any atom is 0.251 e. The first kappa shape index (κ1) is 19.8. The van der Waals surface area contributed by atoms with Crippen LogP contribution in [0.1, 0.15) is 27.0 Å². The van der Waals surface area contributed by atoms with E-state index in [0.29, 0.717) is 30.2 Å². The van der Waals surface area contributed by atoms with Crippen LogP contribution in [0.4, 0.5) is 0 Å². The van der Waals surface area contributed by atoms with Gasteiger partial charge in [-0.15, -0.1) is 12.4 Å². The van der Waals surface area contributed by atoms with Crippen LogP contribution in [-0.2, 0) is 19.6 Å². The smallest absolute Gasteiger partial charge is 0.251 e. The molecule has 26 heavy (non-hydrogen) atoms. The molecule has 1 aliphatic rings. The molecule has 0 saturated carbocycles. The summed E-state index contributed by atoms with van der Waals surface area (Å²) in [7, 11) is 1.55. The topological polar surface area (TPSA) is 59.6 Å². The summed E-state index contributed by atoms with van der Waals surface area (Å²) in [5.41, 5.74) is 4.26. The van der Waals surface area contributed by atoms with Crippen molar-refractivity contribution in [1.82, 2.24) is 10.6 Å². The number of hydrogen-bond acceptors (Lipinski definition) is 4. The first-order valence-electron chi connectivity index (χ1n) is 8.22. The van der Waals surface area contributed by atoms with Crippen molar-refractivity contribution in [2.24, 2.45) is 0 Å². The third-order valence-electron chi connectivity index (χ3n) is 4.14. The van der Waals surface area contributed by atoms with Crippen molar-refractivity contribution in [2.45, 2.75) is 19.6 Å². The van der Waals surface area contributed by atoms with Crippen LogP contribution >= 0.6 is 12.4 Å². The van der Waals surface area contributed by atoms with Gasteiger partial charge >= 0.3 is 0 Å². The van der Waals surface area contributed by atoms with E-state index >= 15 is 0 Å². The van der Waals surface area contributed by atoms with Crippen molar-refractivity contribution in [3.8, 4) is 11.5 Å². The maximum atomic E-state index is 12.4. The van der Waals surface area contributed by atoms with E-state index in [0.717, 1.165) is 18.7 Å². The second-order valence-corrected chi connectivity index (χ2v) is 5.85. The Morgan fingerprint density at radius 3 is 2.77 bits per heavy atom. The zero-order valence-corrected chi connectivity index (χ0v) is 15.5. The second-order valence-electron chi connectivity index (χ2n) is 5.85. The molecule has 0 unspecified atom stereocenters. The molecular weight excluding hydrogens is 352 g/mol. The third kappa shape index (κ3) is 4.56. The lowest BCUT2D eigenvalue weighted by Crippen LogP contribution is -2.22. The van der Waals surface area contributed by atoms with Crippen LogP contribution in [-0.4, -0.2) is 19.6 Å². The van der Waals surface area contributed by atoms with Crippen molar-refractivity contribution in [1.29, 1.82) is 0 Å². The molecule has 5 nitrogen and oxygen atoms in total. The van der Waals surface area contributed by atoms with Crippen LogP contribution < -0.4 is 20.1 Å². The number of rotatable bonds is 7. The average Bonchev–Trinajstić information content (AvgIpc) is 3.12. The summed E-state index contributed by atoms with van der Waals surface area (Å²) in [6, 6.07) is 11.5. The fraction of sp³-hybridized carbons (Fsp3) is 0.250. The van der Waals surface area contributed by atoms with Gasteiger partial charge in [0.05, 0.1) is 7.11 Å². The molecule has 1 aliphatic heterocycles. The summed E-state index contributed by atoms with van der Waals surface area (Å²) in [4.78, 5) is 12.4. The van der Waals surface area contributed by atoms with Gasteiger partial charge in [0.25, 0.3) is 5.91 Å². The minimum atomic E-state index is -0.146. The predicted octanol–water partition coefficient (Wildman–Crippen LogP) is 3.22. The number of methoxy groups -OCH3 is 1. The number of carbonyl (C=O) groups is 1.